The summed E-state index contributed by atoms with van der Waals surface area (Å²) in [4.78, 5) is 0. The van der Waals surface area contributed by atoms with E-state index < -0.39 is 0 Å². The fraction of sp³-hybridized carbons (Fsp3) is 0.444. The first kappa shape index (κ1) is 16.9. The Morgan fingerprint density at radius 1 is 1.25 bits per heavy atom. The smallest absolute Gasteiger partial charge is 0.171 e. The van der Waals surface area contributed by atoms with Gasteiger partial charge in [0.25, 0.3) is 0 Å². The molecule has 0 amide bonds. The van der Waals surface area contributed by atoms with Crippen molar-refractivity contribution in [2.45, 2.75) is 51.1 Å². The summed E-state index contributed by atoms with van der Waals surface area (Å²) < 4.78 is 15.0. The van der Waals surface area contributed by atoms with Gasteiger partial charge in [0.2, 0.25) is 0 Å². The average Bonchev–Trinajstić information content (AvgIpc) is 2.81. The molecule has 0 saturated heterocycles. The highest BCUT2D eigenvalue weighted by Gasteiger charge is 2.13. The first-order valence-electron chi connectivity index (χ1n) is 8.53. The SMILES string of the molecule is Fc1cccc(Cn2cc(NC(=S)NC3CCCCCC3)cn2)c1. The summed E-state index contributed by atoms with van der Waals surface area (Å²) in [7, 11) is 0. The number of hydrogen-bond donors (Lipinski definition) is 2. The Morgan fingerprint density at radius 2 is 2.04 bits per heavy atom. The molecule has 1 fully saturated rings. The molecule has 0 radical (unpaired) electrons. The number of rotatable bonds is 4. The van der Waals surface area contributed by atoms with E-state index in [1.54, 1.807) is 16.9 Å². The van der Waals surface area contributed by atoms with E-state index in [9.17, 15) is 4.39 Å². The Hall–Kier alpha value is -1.95. The molecule has 0 aliphatic heterocycles. The molecule has 0 unspecified atom stereocenters. The topological polar surface area (TPSA) is 41.9 Å². The fourth-order valence-electron chi connectivity index (χ4n) is 3.11. The van der Waals surface area contributed by atoms with Crippen LogP contribution in [-0.4, -0.2) is 20.9 Å². The van der Waals surface area contributed by atoms with Gasteiger partial charge in [0.15, 0.2) is 5.11 Å². The Labute approximate surface area is 147 Å². The van der Waals surface area contributed by atoms with Crippen molar-refractivity contribution in [2.24, 2.45) is 0 Å². The van der Waals surface area contributed by atoms with E-state index in [-0.39, 0.29) is 5.82 Å². The highest BCUT2D eigenvalue weighted by Crippen LogP contribution is 2.17. The zero-order valence-corrected chi connectivity index (χ0v) is 14.5. The number of nitrogens with zero attached hydrogens (tertiary/aromatic N) is 2. The molecule has 1 aromatic heterocycles. The first-order chi connectivity index (χ1) is 11.7. The van der Waals surface area contributed by atoms with Crippen LogP contribution in [0.3, 0.4) is 0 Å². The monoisotopic (exact) mass is 346 g/mol. The van der Waals surface area contributed by atoms with Crippen molar-refractivity contribution < 1.29 is 4.39 Å². The summed E-state index contributed by atoms with van der Waals surface area (Å²) in [5, 5.41) is 11.5. The van der Waals surface area contributed by atoms with E-state index in [2.05, 4.69) is 15.7 Å². The lowest BCUT2D eigenvalue weighted by atomic mass is 10.1. The van der Waals surface area contributed by atoms with Gasteiger partial charge in [-0.2, -0.15) is 5.10 Å². The van der Waals surface area contributed by atoms with Gasteiger partial charge in [-0.25, -0.2) is 4.39 Å². The maximum absolute atomic E-state index is 13.2. The Balaban J connectivity index is 1.52. The first-order valence-corrected chi connectivity index (χ1v) is 8.94. The molecule has 1 aliphatic rings. The number of halogens is 1. The van der Waals surface area contributed by atoms with Crippen LogP contribution in [0.2, 0.25) is 0 Å². The zero-order chi connectivity index (χ0) is 16.8. The second-order valence-electron chi connectivity index (χ2n) is 6.34. The van der Waals surface area contributed by atoms with E-state index in [1.165, 1.54) is 50.7 Å². The molecule has 0 spiro atoms. The van der Waals surface area contributed by atoms with Gasteiger partial charge in [-0.1, -0.05) is 37.8 Å². The number of benzene rings is 1. The van der Waals surface area contributed by atoms with Crippen molar-refractivity contribution in [2.75, 3.05) is 5.32 Å². The highest BCUT2D eigenvalue weighted by molar-refractivity contribution is 7.80. The average molecular weight is 346 g/mol. The molecule has 1 saturated carbocycles. The number of aromatic nitrogens is 2. The van der Waals surface area contributed by atoms with Crippen LogP contribution < -0.4 is 10.6 Å². The third-order valence-electron chi connectivity index (χ3n) is 4.32. The molecule has 4 nitrogen and oxygen atoms in total. The van der Waals surface area contributed by atoms with Crippen molar-refractivity contribution in [3.63, 3.8) is 0 Å². The molecule has 2 aromatic rings. The lowest BCUT2D eigenvalue weighted by molar-refractivity contribution is 0.535. The van der Waals surface area contributed by atoms with Crippen LogP contribution in [0.15, 0.2) is 36.7 Å². The second kappa shape index (κ2) is 8.24. The highest BCUT2D eigenvalue weighted by atomic mass is 32.1. The van der Waals surface area contributed by atoms with Gasteiger partial charge in [0.05, 0.1) is 18.4 Å². The summed E-state index contributed by atoms with van der Waals surface area (Å²) in [5.41, 5.74) is 1.72. The second-order valence-corrected chi connectivity index (χ2v) is 6.75. The zero-order valence-electron chi connectivity index (χ0n) is 13.7. The van der Waals surface area contributed by atoms with E-state index in [0.717, 1.165) is 11.3 Å². The minimum absolute atomic E-state index is 0.230. The summed E-state index contributed by atoms with van der Waals surface area (Å²) in [6, 6.07) is 7.02. The standard InChI is InChI=1S/C18H23FN4S/c19-15-7-5-6-14(10-15)12-23-13-17(11-20-23)22-18(24)21-16-8-3-1-2-4-9-16/h5-7,10-11,13,16H,1-4,8-9,12H2,(H2,21,22,24). The minimum atomic E-state index is -0.230. The van der Waals surface area contributed by atoms with Crippen molar-refractivity contribution >= 4 is 23.0 Å². The molecular formula is C18H23FN4S. The Bertz CT molecular complexity index is 677. The molecule has 1 heterocycles. The van der Waals surface area contributed by atoms with Gasteiger partial charge in [-0.3, -0.25) is 4.68 Å². The molecule has 2 N–H and O–H groups in total. The van der Waals surface area contributed by atoms with Gasteiger partial charge >= 0.3 is 0 Å². The molecule has 0 bridgehead atoms. The lowest BCUT2D eigenvalue weighted by Gasteiger charge is -2.18. The molecule has 6 heteroatoms. The quantitative estimate of drug-likeness (QED) is 0.647. The lowest BCUT2D eigenvalue weighted by Crippen LogP contribution is -2.37. The van der Waals surface area contributed by atoms with Crippen LogP contribution >= 0.6 is 12.2 Å². The molecule has 1 aliphatic carbocycles. The molecule has 1 aromatic carbocycles. The third-order valence-corrected chi connectivity index (χ3v) is 4.54. The van der Waals surface area contributed by atoms with Gasteiger partial charge in [0.1, 0.15) is 5.82 Å². The summed E-state index contributed by atoms with van der Waals surface area (Å²) in [6.07, 6.45) is 11.2. The van der Waals surface area contributed by atoms with Gasteiger partial charge in [-0.05, 0) is 42.8 Å². The van der Waals surface area contributed by atoms with Crippen molar-refractivity contribution in [1.29, 1.82) is 0 Å². The van der Waals surface area contributed by atoms with E-state index in [1.807, 2.05) is 12.3 Å². The molecule has 24 heavy (non-hydrogen) atoms. The Morgan fingerprint density at radius 3 is 2.79 bits per heavy atom. The van der Waals surface area contributed by atoms with Crippen LogP contribution in [0.1, 0.15) is 44.1 Å². The molecule has 3 rings (SSSR count). The van der Waals surface area contributed by atoms with Crippen LogP contribution in [-0.2, 0) is 6.54 Å². The van der Waals surface area contributed by atoms with E-state index in [0.29, 0.717) is 17.7 Å². The van der Waals surface area contributed by atoms with Gasteiger partial charge in [0, 0.05) is 12.2 Å². The minimum Gasteiger partial charge on any atom is -0.360 e. The van der Waals surface area contributed by atoms with Crippen LogP contribution in [0.4, 0.5) is 10.1 Å². The van der Waals surface area contributed by atoms with E-state index in [4.69, 9.17) is 12.2 Å². The predicted octanol–water partition coefficient (Wildman–Crippen LogP) is 4.08. The normalized spacial score (nSPS) is 15.7. The van der Waals surface area contributed by atoms with Gasteiger partial charge in [-0.15, -0.1) is 0 Å². The summed E-state index contributed by atoms with van der Waals surface area (Å²) in [5.74, 6) is -0.230. The van der Waals surface area contributed by atoms with Crippen LogP contribution in [0.25, 0.3) is 0 Å². The third kappa shape index (κ3) is 5.03. The number of hydrogen-bond acceptors (Lipinski definition) is 2. The maximum Gasteiger partial charge on any atom is 0.171 e. The van der Waals surface area contributed by atoms with Crippen LogP contribution in [0.5, 0.6) is 0 Å². The summed E-state index contributed by atoms with van der Waals surface area (Å²) in [6.45, 7) is 0.530. The van der Waals surface area contributed by atoms with Gasteiger partial charge < -0.3 is 10.6 Å². The fourth-order valence-corrected chi connectivity index (χ4v) is 3.40. The predicted molar refractivity (Wildman–Crippen MR) is 98.6 cm³/mol. The van der Waals surface area contributed by atoms with Crippen LogP contribution in [0, 0.1) is 5.82 Å². The summed E-state index contributed by atoms with van der Waals surface area (Å²) >= 11 is 5.41. The molecule has 128 valence electrons. The maximum atomic E-state index is 13.2. The van der Waals surface area contributed by atoms with Crippen molar-refractivity contribution in [3.05, 3.63) is 48.0 Å². The number of thiocarbonyl (C=S) groups is 1. The van der Waals surface area contributed by atoms with Crippen molar-refractivity contribution in [1.82, 2.24) is 15.1 Å². The largest absolute Gasteiger partial charge is 0.360 e. The number of nitrogens with one attached hydrogen (secondary N) is 2. The Kier molecular flexibility index (Phi) is 5.80. The van der Waals surface area contributed by atoms with E-state index >= 15 is 0 Å². The molecular weight excluding hydrogens is 323 g/mol. The van der Waals surface area contributed by atoms with Crippen molar-refractivity contribution in [3.8, 4) is 0 Å². The number of anilines is 1. The molecule has 0 atom stereocenters.